The molecule has 0 bridgehead atoms. The zero-order chi connectivity index (χ0) is 14.2. The predicted molar refractivity (Wildman–Crippen MR) is 61.2 cm³/mol. The van der Waals surface area contributed by atoms with E-state index in [-0.39, 0.29) is 13.2 Å². The van der Waals surface area contributed by atoms with Crippen molar-refractivity contribution in [2.75, 3.05) is 13.2 Å². The van der Waals surface area contributed by atoms with Crippen LogP contribution < -0.4 is 0 Å². The Morgan fingerprint density at radius 1 is 1.17 bits per heavy atom. The maximum atomic E-state index is 12.4. The summed E-state index contributed by atoms with van der Waals surface area (Å²) in [5, 5.41) is 0. The van der Waals surface area contributed by atoms with Crippen LogP contribution in [0.15, 0.2) is 12.2 Å². The van der Waals surface area contributed by atoms with Gasteiger partial charge in [-0.25, -0.2) is 13.6 Å². The van der Waals surface area contributed by atoms with Crippen molar-refractivity contribution in [3.05, 3.63) is 12.2 Å². The van der Waals surface area contributed by atoms with E-state index < -0.39 is 24.3 Å². The average molecular weight is 264 g/mol. The summed E-state index contributed by atoms with van der Waals surface area (Å²) in [5.74, 6) is -4.45. The van der Waals surface area contributed by atoms with Crippen molar-refractivity contribution in [3.8, 4) is 0 Å². The molecular weight excluding hydrogens is 246 g/mol. The smallest absolute Gasteiger partial charge is 0.333 e. The van der Waals surface area contributed by atoms with Crippen molar-refractivity contribution in [3.63, 3.8) is 0 Å². The summed E-state index contributed by atoms with van der Waals surface area (Å²) in [7, 11) is 0. The van der Waals surface area contributed by atoms with E-state index in [1.54, 1.807) is 0 Å². The number of carbonyl (C=O) groups excluding carboxylic acids is 2. The molecule has 0 saturated heterocycles. The lowest BCUT2D eigenvalue weighted by molar-refractivity contribution is -0.151. The SMILES string of the molecule is C=C(C)C(=O)OCCCCOC(=O)CC(C)(F)F. The highest BCUT2D eigenvalue weighted by atomic mass is 19.3. The van der Waals surface area contributed by atoms with Crippen LogP contribution >= 0.6 is 0 Å². The van der Waals surface area contributed by atoms with Gasteiger partial charge < -0.3 is 9.47 Å². The number of carbonyl (C=O) groups is 2. The molecule has 0 unspecified atom stereocenters. The lowest BCUT2D eigenvalue weighted by Gasteiger charge is -2.09. The van der Waals surface area contributed by atoms with Gasteiger partial charge in [0.25, 0.3) is 5.92 Å². The minimum atomic E-state index is -3.05. The van der Waals surface area contributed by atoms with Crippen LogP contribution in [0.4, 0.5) is 8.78 Å². The first kappa shape index (κ1) is 16.5. The molecule has 4 nitrogen and oxygen atoms in total. The second kappa shape index (κ2) is 7.79. The van der Waals surface area contributed by atoms with Gasteiger partial charge in [-0.2, -0.15) is 0 Å². The van der Waals surface area contributed by atoms with E-state index in [0.717, 1.165) is 0 Å². The molecule has 0 aliphatic carbocycles. The molecule has 6 heteroatoms. The Morgan fingerprint density at radius 3 is 2.11 bits per heavy atom. The molecule has 0 amide bonds. The molecule has 0 atom stereocenters. The molecule has 0 aliphatic rings. The monoisotopic (exact) mass is 264 g/mol. The number of ether oxygens (including phenoxy) is 2. The van der Waals surface area contributed by atoms with Crippen molar-refractivity contribution in [1.29, 1.82) is 0 Å². The van der Waals surface area contributed by atoms with Gasteiger partial charge in [0, 0.05) is 5.57 Å². The molecule has 0 spiro atoms. The number of halogens is 2. The topological polar surface area (TPSA) is 52.6 Å². The number of unbranched alkanes of at least 4 members (excludes halogenated alkanes) is 1. The Labute approximate surface area is 105 Å². The highest BCUT2D eigenvalue weighted by Gasteiger charge is 2.26. The van der Waals surface area contributed by atoms with Crippen LogP contribution in [0.1, 0.15) is 33.1 Å². The van der Waals surface area contributed by atoms with E-state index in [4.69, 9.17) is 4.74 Å². The van der Waals surface area contributed by atoms with E-state index in [1.807, 2.05) is 0 Å². The fourth-order valence-corrected chi connectivity index (χ4v) is 0.983. The first-order valence-electron chi connectivity index (χ1n) is 5.58. The van der Waals surface area contributed by atoms with Crippen molar-refractivity contribution in [2.45, 2.75) is 39.0 Å². The van der Waals surface area contributed by atoms with Gasteiger partial charge in [0.1, 0.15) is 6.42 Å². The number of esters is 2. The third kappa shape index (κ3) is 9.74. The average Bonchev–Trinajstić information content (AvgIpc) is 2.19. The van der Waals surface area contributed by atoms with Gasteiger partial charge in [-0.05, 0) is 26.7 Å². The Balaban J connectivity index is 3.49. The van der Waals surface area contributed by atoms with Gasteiger partial charge in [0.2, 0.25) is 0 Å². The molecule has 0 fully saturated rings. The fourth-order valence-electron chi connectivity index (χ4n) is 0.983. The van der Waals surface area contributed by atoms with E-state index in [1.165, 1.54) is 6.92 Å². The Bertz CT molecular complexity index is 308. The van der Waals surface area contributed by atoms with Crippen molar-refractivity contribution in [2.24, 2.45) is 0 Å². The van der Waals surface area contributed by atoms with Crippen LogP contribution in [-0.4, -0.2) is 31.1 Å². The molecule has 0 aromatic heterocycles. The standard InChI is InChI=1S/C12H18F2O4/c1-9(2)11(16)18-7-5-4-6-17-10(15)8-12(3,13)14/h1,4-8H2,2-3H3. The first-order valence-corrected chi connectivity index (χ1v) is 5.58. The molecule has 0 radical (unpaired) electrons. The largest absolute Gasteiger partial charge is 0.466 e. The highest BCUT2D eigenvalue weighted by molar-refractivity contribution is 5.86. The van der Waals surface area contributed by atoms with Crippen molar-refractivity contribution < 1.29 is 27.8 Å². The van der Waals surface area contributed by atoms with E-state index >= 15 is 0 Å². The molecule has 0 aliphatic heterocycles. The molecular formula is C12H18F2O4. The summed E-state index contributed by atoms with van der Waals surface area (Å²) in [4.78, 5) is 21.8. The van der Waals surface area contributed by atoms with Crippen LogP contribution in [-0.2, 0) is 19.1 Å². The second-order valence-corrected chi connectivity index (χ2v) is 4.09. The highest BCUT2D eigenvalue weighted by Crippen LogP contribution is 2.17. The van der Waals surface area contributed by atoms with Crippen LogP contribution in [0.5, 0.6) is 0 Å². The van der Waals surface area contributed by atoms with Crippen molar-refractivity contribution in [1.82, 2.24) is 0 Å². The van der Waals surface area contributed by atoms with Crippen LogP contribution in [0, 0.1) is 0 Å². The summed E-state index contributed by atoms with van der Waals surface area (Å²) in [6.45, 7) is 5.84. The minimum absolute atomic E-state index is 0.0412. The maximum Gasteiger partial charge on any atom is 0.333 e. The first-order chi connectivity index (χ1) is 8.22. The Hall–Kier alpha value is -1.46. The van der Waals surface area contributed by atoms with Gasteiger partial charge in [-0.1, -0.05) is 6.58 Å². The summed E-state index contributed by atoms with van der Waals surface area (Å²) in [6.07, 6.45) is 0.0248. The third-order valence-electron chi connectivity index (χ3n) is 1.84. The molecule has 0 N–H and O–H groups in total. The van der Waals surface area contributed by atoms with Gasteiger partial charge in [0.15, 0.2) is 0 Å². The molecule has 0 rings (SSSR count). The van der Waals surface area contributed by atoms with Gasteiger partial charge in [-0.3, -0.25) is 4.79 Å². The number of rotatable bonds is 8. The van der Waals surface area contributed by atoms with Gasteiger partial charge in [0.05, 0.1) is 13.2 Å². The van der Waals surface area contributed by atoms with Crippen LogP contribution in [0.25, 0.3) is 0 Å². The van der Waals surface area contributed by atoms with Crippen molar-refractivity contribution >= 4 is 11.9 Å². The minimum Gasteiger partial charge on any atom is -0.466 e. The quantitative estimate of drug-likeness (QED) is 0.384. The summed E-state index contributed by atoms with van der Waals surface area (Å²) in [5.41, 5.74) is 0.312. The normalized spacial score (nSPS) is 10.9. The summed E-state index contributed by atoms with van der Waals surface area (Å²) < 4.78 is 34.2. The molecule has 104 valence electrons. The van der Waals surface area contributed by atoms with Gasteiger partial charge >= 0.3 is 11.9 Å². The Morgan fingerprint density at radius 2 is 1.67 bits per heavy atom. The zero-order valence-corrected chi connectivity index (χ0v) is 10.6. The zero-order valence-electron chi connectivity index (χ0n) is 10.6. The lowest BCUT2D eigenvalue weighted by atomic mass is 10.3. The number of hydrogen-bond acceptors (Lipinski definition) is 4. The van der Waals surface area contributed by atoms with E-state index in [0.29, 0.717) is 25.3 Å². The van der Waals surface area contributed by atoms with Gasteiger partial charge in [-0.15, -0.1) is 0 Å². The van der Waals surface area contributed by atoms with Crippen LogP contribution in [0.2, 0.25) is 0 Å². The second-order valence-electron chi connectivity index (χ2n) is 4.09. The molecule has 0 aromatic carbocycles. The number of hydrogen-bond donors (Lipinski definition) is 0. The predicted octanol–water partition coefficient (Wildman–Crippen LogP) is 2.47. The maximum absolute atomic E-state index is 12.4. The molecule has 0 saturated carbocycles. The fraction of sp³-hybridized carbons (Fsp3) is 0.667. The molecule has 0 aromatic rings. The Kier molecular flexibility index (Phi) is 7.16. The molecule has 18 heavy (non-hydrogen) atoms. The van der Waals surface area contributed by atoms with Crippen LogP contribution in [0.3, 0.4) is 0 Å². The summed E-state index contributed by atoms with van der Waals surface area (Å²) >= 11 is 0. The lowest BCUT2D eigenvalue weighted by Crippen LogP contribution is -2.19. The number of alkyl halides is 2. The third-order valence-corrected chi connectivity index (χ3v) is 1.84. The van der Waals surface area contributed by atoms with E-state index in [9.17, 15) is 18.4 Å². The van der Waals surface area contributed by atoms with E-state index in [2.05, 4.69) is 11.3 Å². The summed E-state index contributed by atoms with van der Waals surface area (Å²) in [6, 6.07) is 0. The molecule has 0 heterocycles.